The second kappa shape index (κ2) is 7.62. The van der Waals surface area contributed by atoms with E-state index in [4.69, 9.17) is 17.0 Å². The van der Waals surface area contributed by atoms with E-state index < -0.39 is 5.97 Å². The van der Waals surface area contributed by atoms with Crippen LogP contribution < -0.4 is 10.2 Å². The van der Waals surface area contributed by atoms with Gasteiger partial charge in [-0.25, -0.2) is 0 Å². The molecule has 0 spiro atoms. The van der Waals surface area contributed by atoms with Crippen molar-refractivity contribution in [1.29, 1.82) is 0 Å². The zero-order valence-corrected chi connectivity index (χ0v) is 14.7. The first-order chi connectivity index (χ1) is 12.1. The molecule has 2 fully saturated rings. The van der Waals surface area contributed by atoms with Gasteiger partial charge >= 0.3 is 5.97 Å². The molecule has 2 saturated heterocycles. The maximum atomic E-state index is 12.4. The van der Waals surface area contributed by atoms with Crippen LogP contribution >= 0.6 is 12.2 Å². The van der Waals surface area contributed by atoms with Crippen LogP contribution in [0.3, 0.4) is 0 Å². The third-order valence-electron chi connectivity index (χ3n) is 4.06. The maximum absolute atomic E-state index is 12.4. The number of carbonyl (C=O) groups is 2. The molecule has 0 aromatic heterocycles. The number of nitrogens with one attached hydrogen (secondary N) is 1. The van der Waals surface area contributed by atoms with E-state index in [2.05, 4.69) is 15.0 Å². The van der Waals surface area contributed by atoms with E-state index in [9.17, 15) is 9.59 Å². The highest BCUT2D eigenvalue weighted by atomic mass is 32.1. The molecule has 1 aromatic carbocycles. The van der Waals surface area contributed by atoms with E-state index in [0.29, 0.717) is 5.70 Å². The Morgan fingerprint density at radius 3 is 2.64 bits per heavy atom. The van der Waals surface area contributed by atoms with Crippen molar-refractivity contribution in [2.75, 3.05) is 44.9 Å². The summed E-state index contributed by atoms with van der Waals surface area (Å²) in [5.41, 5.74) is 2.34. The fraction of sp³-hybridized carbons (Fsp3) is 0.353. The molecule has 0 atom stereocenters. The van der Waals surface area contributed by atoms with Crippen molar-refractivity contribution < 1.29 is 19.1 Å². The SMILES string of the molecule is COC(=O)CN1C(=O)/C(=C/c2ccc(N3CCOCC3)cc2)NC1=S. The topological polar surface area (TPSA) is 71.1 Å². The predicted molar refractivity (Wildman–Crippen MR) is 96.9 cm³/mol. The van der Waals surface area contributed by atoms with Gasteiger partial charge in [0.15, 0.2) is 5.11 Å². The molecule has 1 aromatic rings. The number of anilines is 1. The molecule has 1 amide bonds. The van der Waals surface area contributed by atoms with Crippen molar-refractivity contribution >= 4 is 41.0 Å². The number of esters is 1. The highest BCUT2D eigenvalue weighted by Gasteiger charge is 2.32. The van der Waals surface area contributed by atoms with Gasteiger partial charge in [0.05, 0.1) is 20.3 Å². The molecule has 25 heavy (non-hydrogen) atoms. The van der Waals surface area contributed by atoms with Crippen LogP contribution in [0.4, 0.5) is 5.69 Å². The fourth-order valence-electron chi connectivity index (χ4n) is 2.68. The summed E-state index contributed by atoms with van der Waals surface area (Å²) in [5, 5.41) is 3.04. The first kappa shape index (κ1) is 17.4. The van der Waals surface area contributed by atoms with Crippen LogP contribution in [0.5, 0.6) is 0 Å². The number of benzene rings is 1. The molecule has 2 aliphatic rings. The molecule has 2 heterocycles. The number of carbonyl (C=O) groups excluding carboxylic acids is 2. The molecule has 0 aliphatic carbocycles. The second-order valence-electron chi connectivity index (χ2n) is 5.65. The van der Waals surface area contributed by atoms with Gasteiger partial charge in [0.25, 0.3) is 5.91 Å². The van der Waals surface area contributed by atoms with Gasteiger partial charge in [-0.3, -0.25) is 14.5 Å². The number of thiocarbonyl (C=S) groups is 1. The molecular weight excluding hydrogens is 342 g/mol. The van der Waals surface area contributed by atoms with Crippen molar-refractivity contribution in [3.05, 3.63) is 35.5 Å². The van der Waals surface area contributed by atoms with E-state index in [1.807, 2.05) is 24.3 Å². The minimum absolute atomic E-state index is 0.200. The lowest BCUT2D eigenvalue weighted by Crippen LogP contribution is -2.36. The quantitative estimate of drug-likeness (QED) is 0.482. The minimum Gasteiger partial charge on any atom is -0.468 e. The first-order valence-electron chi connectivity index (χ1n) is 7.92. The summed E-state index contributed by atoms with van der Waals surface area (Å²) in [5.74, 6) is -0.860. The number of methoxy groups -OCH3 is 1. The summed E-state index contributed by atoms with van der Waals surface area (Å²) in [4.78, 5) is 27.2. The molecule has 7 nitrogen and oxygen atoms in total. The molecular formula is C17H19N3O4S. The second-order valence-corrected chi connectivity index (χ2v) is 6.03. The highest BCUT2D eigenvalue weighted by Crippen LogP contribution is 2.19. The van der Waals surface area contributed by atoms with Crippen LogP contribution in [0.1, 0.15) is 5.56 Å². The molecule has 0 saturated carbocycles. The Morgan fingerprint density at radius 1 is 1.32 bits per heavy atom. The largest absolute Gasteiger partial charge is 0.468 e. The Bertz CT molecular complexity index is 711. The van der Waals surface area contributed by atoms with Crippen LogP contribution in [0.25, 0.3) is 6.08 Å². The summed E-state index contributed by atoms with van der Waals surface area (Å²) in [7, 11) is 1.27. The van der Waals surface area contributed by atoms with Crippen LogP contribution in [-0.4, -0.2) is 61.8 Å². The van der Waals surface area contributed by atoms with Crippen molar-refractivity contribution in [1.82, 2.24) is 10.2 Å². The Balaban J connectivity index is 1.71. The Hall–Kier alpha value is -2.45. The number of amides is 1. The Morgan fingerprint density at radius 2 is 2.00 bits per heavy atom. The summed E-state index contributed by atoms with van der Waals surface area (Å²) < 4.78 is 9.93. The number of hydrogen-bond donors (Lipinski definition) is 1. The number of morpholine rings is 1. The molecule has 0 bridgehead atoms. The Kier molecular flexibility index (Phi) is 5.30. The van der Waals surface area contributed by atoms with E-state index >= 15 is 0 Å². The van der Waals surface area contributed by atoms with E-state index in [1.54, 1.807) is 6.08 Å². The predicted octanol–water partition coefficient (Wildman–Crippen LogP) is 0.754. The summed E-state index contributed by atoms with van der Waals surface area (Å²) >= 11 is 5.11. The Labute approximate surface area is 151 Å². The summed E-state index contributed by atoms with van der Waals surface area (Å²) in [6.07, 6.45) is 1.72. The number of hydrogen-bond acceptors (Lipinski definition) is 6. The van der Waals surface area contributed by atoms with Gasteiger partial charge in [-0.1, -0.05) is 12.1 Å². The zero-order chi connectivity index (χ0) is 17.8. The van der Waals surface area contributed by atoms with Crippen molar-refractivity contribution in [2.24, 2.45) is 0 Å². The minimum atomic E-state index is -0.520. The third kappa shape index (κ3) is 3.97. The smallest absolute Gasteiger partial charge is 0.325 e. The van der Waals surface area contributed by atoms with E-state index in [0.717, 1.165) is 37.6 Å². The molecule has 2 aliphatic heterocycles. The fourth-order valence-corrected chi connectivity index (χ4v) is 2.94. The lowest BCUT2D eigenvalue weighted by atomic mass is 10.1. The van der Waals surface area contributed by atoms with Crippen molar-refractivity contribution in [3.63, 3.8) is 0 Å². The van der Waals surface area contributed by atoms with Crippen LogP contribution in [-0.2, 0) is 19.1 Å². The molecule has 132 valence electrons. The van der Waals surface area contributed by atoms with E-state index in [1.165, 1.54) is 12.0 Å². The van der Waals surface area contributed by atoms with Gasteiger partial charge in [-0.15, -0.1) is 0 Å². The van der Waals surface area contributed by atoms with Crippen LogP contribution in [0.2, 0.25) is 0 Å². The third-order valence-corrected chi connectivity index (χ3v) is 4.38. The van der Waals surface area contributed by atoms with Gasteiger partial charge in [0, 0.05) is 18.8 Å². The van der Waals surface area contributed by atoms with Crippen molar-refractivity contribution in [3.8, 4) is 0 Å². The summed E-state index contributed by atoms with van der Waals surface area (Å²) in [6.45, 7) is 3.01. The van der Waals surface area contributed by atoms with Crippen molar-refractivity contribution in [2.45, 2.75) is 0 Å². The summed E-state index contributed by atoms with van der Waals surface area (Å²) in [6, 6.07) is 7.92. The highest BCUT2D eigenvalue weighted by molar-refractivity contribution is 7.80. The van der Waals surface area contributed by atoms with Gasteiger partial charge in [0.1, 0.15) is 12.2 Å². The average molecular weight is 361 g/mol. The first-order valence-corrected chi connectivity index (χ1v) is 8.33. The number of rotatable bonds is 4. The molecule has 0 unspecified atom stereocenters. The molecule has 0 radical (unpaired) electrons. The molecule has 3 rings (SSSR count). The number of nitrogens with zero attached hydrogens (tertiary/aromatic N) is 2. The van der Waals surface area contributed by atoms with Gasteiger partial charge in [0.2, 0.25) is 0 Å². The molecule has 1 N–H and O–H groups in total. The maximum Gasteiger partial charge on any atom is 0.325 e. The lowest BCUT2D eigenvalue weighted by molar-refractivity contribution is -0.143. The van der Waals surface area contributed by atoms with Gasteiger partial charge in [-0.2, -0.15) is 0 Å². The van der Waals surface area contributed by atoms with Crippen LogP contribution in [0, 0.1) is 0 Å². The average Bonchev–Trinajstić information content (AvgIpc) is 2.90. The van der Waals surface area contributed by atoms with Gasteiger partial charge in [-0.05, 0) is 36.0 Å². The molecule has 8 heteroatoms. The standard InChI is InChI=1S/C17H19N3O4S/c1-23-15(21)11-20-16(22)14(18-17(20)25)10-12-2-4-13(5-3-12)19-6-8-24-9-7-19/h2-5,10H,6-9,11H2,1H3,(H,18,25)/b14-10-. The van der Waals surface area contributed by atoms with Gasteiger partial charge < -0.3 is 19.7 Å². The van der Waals surface area contributed by atoms with E-state index in [-0.39, 0.29) is 17.6 Å². The van der Waals surface area contributed by atoms with Crippen LogP contribution in [0.15, 0.2) is 30.0 Å². The monoisotopic (exact) mass is 361 g/mol. The number of ether oxygens (including phenoxy) is 2. The normalized spacial score (nSPS) is 19.3. The zero-order valence-electron chi connectivity index (χ0n) is 13.9. The lowest BCUT2D eigenvalue weighted by Gasteiger charge is -2.28.